The first-order valence-electron chi connectivity index (χ1n) is 9.40. The van der Waals surface area contributed by atoms with Crippen LogP contribution in [-0.2, 0) is 6.54 Å². The second-order valence-corrected chi connectivity index (χ2v) is 8.33. The van der Waals surface area contributed by atoms with E-state index in [1.54, 1.807) is 0 Å². The Bertz CT molecular complexity index is 861. The molecule has 0 aliphatic carbocycles. The smallest absolute Gasteiger partial charge is 0.0328 e. The van der Waals surface area contributed by atoms with Gasteiger partial charge in [0.2, 0.25) is 0 Å². The number of nitrogens with zero attached hydrogens (tertiary/aromatic N) is 1. The highest BCUT2D eigenvalue weighted by molar-refractivity contribution is 7.10. The largest absolute Gasteiger partial charge is 0.399 e. The lowest BCUT2D eigenvalue weighted by Crippen LogP contribution is -2.32. The molecule has 3 heteroatoms. The summed E-state index contributed by atoms with van der Waals surface area (Å²) >= 11 is 1.88. The van der Waals surface area contributed by atoms with Crippen LogP contribution in [-0.4, -0.2) is 18.0 Å². The van der Waals surface area contributed by atoms with Crippen molar-refractivity contribution in [2.45, 2.75) is 32.2 Å². The van der Waals surface area contributed by atoms with E-state index in [0.717, 1.165) is 25.3 Å². The van der Waals surface area contributed by atoms with Crippen LogP contribution in [0.5, 0.6) is 0 Å². The predicted octanol–water partition coefficient (Wildman–Crippen LogP) is 5.69. The number of nitrogen functional groups attached to an aromatic ring is 1. The average Bonchev–Trinajstić information content (AvgIpc) is 3.14. The molecule has 2 heterocycles. The maximum Gasteiger partial charge on any atom is 0.0328 e. The zero-order valence-corrected chi connectivity index (χ0v) is 16.1. The summed E-state index contributed by atoms with van der Waals surface area (Å²) in [4.78, 5) is 4.06. The first-order chi connectivity index (χ1) is 12.7. The van der Waals surface area contributed by atoms with E-state index in [-0.39, 0.29) is 0 Å². The Labute approximate surface area is 160 Å². The van der Waals surface area contributed by atoms with Crippen LogP contribution in [0.15, 0.2) is 60.0 Å². The number of hydrogen-bond donors (Lipinski definition) is 1. The second-order valence-electron chi connectivity index (χ2n) is 7.33. The van der Waals surface area contributed by atoms with Gasteiger partial charge in [0.05, 0.1) is 0 Å². The Morgan fingerprint density at radius 1 is 1.00 bits per heavy atom. The Morgan fingerprint density at radius 2 is 1.77 bits per heavy atom. The number of rotatable bonds is 4. The number of nitrogens with two attached hydrogens (primary N) is 1. The van der Waals surface area contributed by atoms with Gasteiger partial charge < -0.3 is 5.73 Å². The summed E-state index contributed by atoms with van der Waals surface area (Å²) in [5.41, 5.74) is 12.4. The van der Waals surface area contributed by atoms with Gasteiger partial charge in [0.1, 0.15) is 0 Å². The molecule has 1 aliphatic rings. The Kier molecular flexibility index (Phi) is 5.09. The number of aryl methyl sites for hydroxylation is 1. The molecule has 0 saturated carbocycles. The van der Waals surface area contributed by atoms with Crippen molar-refractivity contribution in [3.63, 3.8) is 0 Å². The van der Waals surface area contributed by atoms with Crippen molar-refractivity contribution in [2.75, 3.05) is 18.8 Å². The van der Waals surface area contributed by atoms with E-state index < -0.39 is 0 Å². The highest BCUT2D eigenvalue weighted by Crippen LogP contribution is 2.33. The lowest BCUT2D eigenvalue weighted by Gasteiger charge is -2.32. The topological polar surface area (TPSA) is 29.3 Å². The van der Waals surface area contributed by atoms with Crippen molar-refractivity contribution in [1.29, 1.82) is 0 Å². The maximum absolute atomic E-state index is 6.00. The summed E-state index contributed by atoms with van der Waals surface area (Å²) in [5.74, 6) is 0.651. The van der Waals surface area contributed by atoms with E-state index in [9.17, 15) is 0 Å². The van der Waals surface area contributed by atoms with Gasteiger partial charge in [-0.3, -0.25) is 4.90 Å². The van der Waals surface area contributed by atoms with E-state index >= 15 is 0 Å². The Morgan fingerprint density at radius 3 is 2.54 bits per heavy atom. The molecule has 0 spiro atoms. The minimum atomic E-state index is 0.651. The number of anilines is 1. The van der Waals surface area contributed by atoms with Crippen LogP contribution in [0.2, 0.25) is 0 Å². The van der Waals surface area contributed by atoms with Crippen LogP contribution in [0.1, 0.15) is 34.8 Å². The SMILES string of the molecule is Cc1ccc(N)cc1C1CCN(Cc2cc(-c3ccccc3)cs2)CC1. The molecular formula is C23H26N2S. The Hall–Kier alpha value is -2.10. The van der Waals surface area contributed by atoms with Gasteiger partial charge in [-0.2, -0.15) is 0 Å². The monoisotopic (exact) mass is 362 g/mol. The molecule has 1 fully saturated rings. The van der Waals surface area contributed by atoms with Gasteiger partial charge in [-0.1, -0.05) is 36.4 Å². The van der Waals surface area contributed by atoms with Crippen molar-refractivity contribution in [3.05, 3.63) is 76.0 Å². The van der Waals surface area contributed by atoms with Gasteiger partial charge in [-0.25, -0.2) is 0 Å². The molecule has 4 rings (SSSR count). The van der Waals surface area contributed by atoms with Gasteiger partial charge in [-0.05, 0) is 84.6 Å². The summed E-state index contributed by atoms with van der Waals surface area (Å²) < 4.78 is 0. The van der Waals surface area contributed by atoms with Gasteiger partial charge in [-0.15, -0.1) is 11.3 Å². The third kappa shape index (κ3) is 3.84. The van der Waals surface area contributed by atoms with Crippen molar-refractivity contribution >= 4 is 17.0 Å². The van der Waals surface area contributed by atoms with Gasteiger partial charge in [0.25, 0.3) is 0 Å². The fraction of sp³-hybridized carbons (Fsp3) is 0.304. The molecule has 0 bridgehead atoms. The number of thiophene rings is 1. The van der Waals surface area contributed by atoms with Gasteiger partial charge in [0, 0.05) is 17.1 Å². The third-order valence-electron chi connectivity index (χ3n) is 5.47. The maximum atomic E-state index is 6.00. The average molecular weight is 363 g/mol. The quantitative estimate of drug-likeness (QED) is 0.605. The fourth-order valence-electron chi connectivity index (χ4n) is 3.97. The molecular weight excluding hydrogens is 336 g/mol. The van der Waals surface area contributed by atoms with Crippen molar-refractivity contribution in [2.24, 2.45) is 0 Å². The molecule has 2 nitrogen and oxygen atoms in total. The zero-order valence-electron chi connectivity index (χ0n) is 15.3. The Balaban J connectivity index is 1.37. The molecule has 0 atom stereocenters. The van der Waals surface area contributed by atoms with E-state index in [1.165, 1.54) is 40.0 Å². The number of piperidine rings is 1. The summed E-state index contributed by atoms with van der Waals surface area (Å²) in [6, 6.07) is 19.4. The molecule has 1 saturated heterocycles. The summed E-state index contributed by atoms with van der Waals surface area (Å²) in [6.07, 6.45) is 2.45. The van der Waals surface area contributed by atoms with E-state index in [4.69, 9.17) is 5.73 Å². The second kappa shape index (κ2) is 7.65. The van der Waals surface area contributed by atoms with Crippen molar-refractivity contribution in [1.82, 2.24) is 4.90 Å². The zero-order chi connectivity index (χ0) is 17.9. The van der Waals surface area contributed by atoms with E-state index in [0.29, 0.717) is 5.92 Å². The van der Waals surface area contributed by atoms with Crippen LogP contribution in [0.25, 0.3) is 11.1 Å². The van der Waals surface area contributed by atoms with Crippen LogP contribution in [0.3, 0.4) is 0 Å². The lowest BCUT2D eigenvalue weighted by molar-refractivity contribution is 0.206. The number of likely N-dealkylation sites (tertiary alicyclic amines) is 1. The molecule has 0 unspecified atom stereocenters. The first-order valence-corrected chi connectivity index (χ1v) is 10.3. The highest BCUT2D eigenvalue weighted by atomic mass is 32.1. The molecule has 2 aromatic carbocycles. The lowest BCUT2D eigenvalue weighted by atomic mass is 9.86. The van der Waals surface area contributed by atoms with E-state index in [2.05, 4.69) is 65.7 Å². The van der Waals surface area contributed by atoms with Crippen LogP contribution >= 0.6 is 11.3 Å². The molecule has 0 amide bonds. The number of hydrogen-bond acceptors (Lipinski definition) is 3. The normalized spacial score (nSPS) is 16.0. The molecule has 1 aliphatic heterocycles. The van der Waals surface area contributed by atoms with Crippen molar-refractivity contribution in [3.8, 4) is 11.1 Å². The van der Waals surface area contributed by atoms with E-state index in [1.807, 2.05) is 17.4 Å². The molecule has 26 heavy (non-hydrogen) atoms. The molecule has 134 valence electrons. The molecule has 1 aromatic heterocycles. The minimum Gasteiger partial charge on any atom is -0.399 e. The summed E-state index contributed by atoms with van der Waals surface area (Å²) in [5, 5.41) is 2.29. The summed E-state index contributed by atoms with van der Waals surface area (Å²) in [7, 11) is 0. The molecule has 0 radical (unpaired) electrons. The van der Waals surface area contributed by atoms with Crippen LogP contribution < -0.4 is 5.73 Å². The first kappa shape index (κ1) is 17.3. The third-order valence-corrected chi connectivity index (χ3v) is 6.39. The fourth-order valence-corrected chi connectivity index (χ4v) is 4.90. The van der Waals surface area contributed by atoms with Crippen molar-refractivity contribution < 1.29 is 0 Å². The standard InChI is InChI=1S/C23H26N2S/c1-17-7-8-21(24)14-23(17)19-9-11-25(12-10-19)15-22-13-20(16-26-22)18-5-3-2-4-6-18/h2-8,13-14,16,19H,9-12,15,24H2,1H3. The highest BCUT2D eigenvalue weighted by Gasteiger charge is 2.22. The predicted molar refractivity (Wildman–Crippen MR) is 113 cm³/mol. The van der Waals surface area contributed by atoms with Gasteiger partial charge >= 0.3 is 0 Å². The van der Waals surface area contributed by atoms with Crippen LogP contribution in [0.4, 0.5) is 5.69 Å². The molecule has 2 N–H and O–H groups in total. The van der Waals surface area contributed by atoms with Gasteiger partial charge in [0.15, 0.2) is 0 Å². The number of benzene rings is 2. The van der Waals surface area contributed by atoms with Crippen LogP contribution in [0, 0.1) is 6.92 Å². The molecule has 3 aromatic rings. The summed E-state index contributed by atoms with van der Waals surface area (Å²) in [6.45, 7) is 5.60. The minimum absolute atomic E-state index is 0.651.